The Morgan fingerprint density at radius 1 is 1.00 bits per heavy atom. The molecule has 1 saturated heterocycles. The largest absolute Gasteiger partial charge is 0.376 e. The summed E-state index contributed by atoms with van der Waals surface area (Å²) in [5.41, 5.74) is 3.73. The number of carbonyl (C=O) groups excluding carboxylic acids is 2. The van der Waals surface area contributed by atoms with Crippen LogP contribution in [0.15, 0.2) is 48.5 Å². The average Bonchev–Trinajstić information content (AvgIpc) is 2.73. The Bertz CT molecular complexity index is 792. The van der Waals surface area contributed by atoms with Crippen LogP contribution in [0.1, 0.15) is 35.2 Å². The van der Waals surface area contributed by atoms with Crippen molar-refractivity contribution in [2.24, 2.45) is 0 Å². The molecule has 1 aliphatic heterocycles. The maximum atomic E-state index is 12.3. The lowest BCUT2D eigenvalue weighted by Crippen LogP contribution is -2.35. The summed E-state index contributed by atoms with van der Waals surface area (Å²) in [6, 6.07) is 15.5. The fourth-order valence-corrected chi connectivity index (χ4v) is 3.24. The van der Waals surface area contributed by atoms with Crippen LogP contribution in [-0.4, -0.2) is 50.1 Å². The lowest BCUT2D eigenvalue weighted by Gasteiger charge is -2.22. The molecule has 0 aliphatic carbocycles. The smallest absolute Gasteiger partial charge is 0.251 e. The summed E-state index contributed by atoms with van der Waals surface area (Å²) >= 11 is 0. The molecule has 148 valence electrons. The topological polar surface area (TPSA) is 58.6 Å². The van der Waals surface area contributed by atoms with Gasteiger partial charge in [-0.2, -0.15) is 0 Å². The van der Waals surface area contributed by atoms with Crippen LogP contribution in [-0.2, 0) is 16.0 Å². The standard InChI is InChI=1S/C23H28N2O3/c1-25(2)22(26)15-17-6-8-18(9-7-17)19-10-12-20(13-11-19)23(27)24-16-21-5-3-4-14-28-21/h6-13,21H,3-5,14-16H2,1-2H3,(H,24,27)/t21-/m1/s1. The normalized spacial score (nSPS) is 16.4. The van der Waals surface area contributed by atoms with E-state index >= 15 is 0 Å². The fourth-order valence-electron chi connectivity index (χ4n) is 3.24. The third kappa shape index (κ3) is 5.42. The van der Waals surface area contributed by atoms with Gasteiger partial charge in [0.25, 0.3) is 5.91 Å². The molecule has 5 heteroatoms. The molecule has 5 nitrogen and oxygen atoms in total. The van der Waals surface area contributed by atoms with Crippen LogP contribution in [0.5, 0.6) is 0 Å². The van der Waals surface area contributed by atoms with Crippen molar-refractivity contribution < 1.29 is 14.3 Å². The van der Waals surface area contributed by atoms with E-state index in [0.29, 0.717) is 18.5 Å². The summed E-state index contributed by atoms with van der Waals surface area (Å²) in [5, 5.41) is 2.96. The first-order valence-corrected chi connectivity index (χ1v) is 9.82. The van der Waals surface area contributed by atoms with Crippen molar-refractivity contribution in [3.05, 3.63) is 59.7 Å². The van der Waals surface area contributed by atoms with Crippen LogP contribution in [0.25, 0.3) is 11.1 Å². The first-order valence-electron chi connectivity index (χ1n) is 9.82. The van der Waals surface area contributed by atoms with E-state index in [2.05, 4.69) is 5.32 Å². The van der Waals surface area contributed by atoms with Gasteiger partial charge in [-0.1, -0.05) is 36.4 Å². The van der Waals surface area contributed by atoms with Crippen LogP contribution in [0, 0.1) is 0 Å². The second kappa shape index (κ2) is 9.51. The molecule has 1 aliphatic rings. The molecule has 0 radical (unpaired) electrons. The summed E-state index contributed by atoms with van der Waals surface area (Å²) in [5.74, 6) is 0.0139. The maximum Gasteiger partial charge on any atom is 0.251 e. The molecule has 1 atom stereocenters. The first kappa shape index (κ1) is 20.1. The Morgan fingerprint density at radius 2 is 1.64 bits per heavy atom. The predicted molar refractivity (Wildman–Crippen MR) is 110 cm³/mol. The van der Waals surface area contributed by atoms with Gasteiger partial charge in [0.1, 0.15) is 0 Å². The van der Waals surface area contributed by atoms with Crippen LogP contribution in [0.4, 0.5) is 0 Å². The molecule has 1 heterocycles. The van der Waals surface area contributed by atoms with Crippen molar-refractivity contribution >= 4 is 11.8 Å². The minimum absolute atomic E-state index is 0.0710. The van der Waals surface area contributed by atoms with Gasteiger partial charge in [0.15, 0.2) is 0 Å². The van der Waals surface area contributed by atoms with Crippen molar-refractivity contribution in [2.45, 2.75) is 31.8 Å². The zero-order valence-corrected chi connectivity index (χ0v) is 16.6. The highest BCUT2D eigenvalue weighted by Crippen LogP contribution is 2.21. The molecule has 1 fully saturated rings. The van der Waals surface area contributed by atoms with Crippen molar-refractivity contribution in [3.8, 4) is 11.1 Å². The third-order valence-corrected chi connectivity index (χ3v) is 5.05. The lowest BCUT2D eigenvalue weighted by molar-refractivity contribution is -0.127. The van der Waals surface area contributed by atoms with Crippen molar-refractivity contribution in [3.63, 3.8) is 0 Å². The molecule has 0 saturated carbocycles. The molecule has 0 spiro atoms. The highest BCUT2D eigenvalue weighted by Gasteiger charge is 2.15. The number of hydrogen-bond donors (Lipinski definition) is 1. The Kier molecular flexibility index (Phi) is 6.82. The maximum absolute atomic E-state index is 12.3. The molecule has 2 aromatic carbocycles. The molecule has 28 heavy (non-hydrogen) atoms. The van der Waals surface area contributed by atoms with Gasteiger partial charge in [-0.3, -0.25) is 9.59 Å². The quantitative estimate of drug-likeness (QED) is 0.837. The fraction of sp³-hybridized carbons (Fsp3) is 0.391. The molecule has 3 rings (SSSR count). The number of carbonyl (C=O) groups is 2. The number of rotatable bonds is 6. The molecule has 2 amide bonds. The number of ether oxygens (including phenoxy) is 1. The Labute approximate surface area is 166 Å². The number of likely N-dealkylation sites (N-methyl/N-ethyl adjacent to an activating group) is 1. The summed E-state index contributed by atoms with van der Waals surface area (Å²) in [6.45, 7) is 1.35. The molecular formula is C23H28N2O3. The van der Waals surface area contributed by atoms with Gasteiger partial charge < -0.3 is 15.0 Å². The second-order valence-electron chi connectivity index (χ2n) is 7.44. The number of nitrogens with zero attached hydrogens (tertiary/aromatic N) is 1. The first-order chi connectivity index (χ1) is 13.5. The highest BCUT2D eigenvalue weighted by molar-refractivity contribution is 5.94. The summed E-state index contributed by atoms with van der Waals surface area (Å²) in [7, 11) is 3.52. The van der Waals surface area contributed by atoms with E-state index < -0.39 is 0 Å². The lowest BCUT2D eigenvalue weighted by atomic mass is 10.0. The van der Waals surface area contributed by atoms with Gasteiger partial charge in [-0.25, -0.2) is 0 Å². The zero-order chi connectivity index (χ0) is 19.9. The molecule has 1 N–H and O–H groups in total. The summed E-state index contributed by atoms with van der Waals surface area (Å²) in [4.78, 5) is 25.7. The average molecular weight is 380 g/mol. The molecular weight excluding hydrogens is 352 g/mol. The van der Waals surface area contributed by atoms with E-state index in [1.807, 2.05) is 48.5 Å². The SMILES string of the molecule is CN(C)C(=O)Cc1ccc(-c2ccc(C(=O)NC[C@H]3CCCCO3)cc2)cc1. The Hall–Kier alpha value is -2.66. The molecule has 2 aromatic rings. The van der Waals surface area contributed by atoms with Crippen molar-refractivity contribution in [2.75, 3.05) is 27.2 Å². The highest BCUT2D eigenvalue weighted by atomic mass is 16.5. The summed E-state index contributed by atoms with van der Waals surface area (Å²) < 4.78 is 5.65. The van der Waals surface area contributed by atoms with Crippen LogP contribution in [0.2, 0.25) is 0 Å². The predicted octanol–water partition coefficient (Wildman–Crippen LogP) is 3.28. The van der Waals surface area contributed by atoms with Gasteiger partial charge in [0.2, 0.25) is 5.91 Å². The number of amides is 2. The Morgan fingerprint density at radius 3 is 2.21 bits per heavy atom. The number of nitrogens with one attached hydrogen (secondary N) is 1. The van der Waals surface area contributed by atoms with E-state index in [1.165, 1.54) is 0 Å². The molecule has 0 bridgehead atoms. The van der Waals surface area contributed by atoms with Crippen LogP contribution >= 0.6 is 0 Å². The third-order valence-electron chi connectivity index (χ3n) is 5.05. The van der Waals surface area contributed by atoms with Gasteiger partial charge in [-0.15, -0.1) is 0 Å². The van der Waals surface area contributed by atoms with E-state index in [9.17, 15) is 9.59 Å². The monoisotopic (exact) mass is 380 g/mol. The zero-order valence-electron chi connectivity index (χ0n) is 16.6. The van der Waals surface area contributed by atoms with Crippen molar-refractivity contribution in [1.82, 2.24) is 10.2 Å². The van der Waals surface area contributed by atoms with E-state index in [4.69, 9.17) is 4.74 Å². The minimum atomic E-state index is -0.0710. The number of benzene rings is 2. The number of hydrogen-bond acceptors (Lipinski definition) is 3. The van der Waals surface area contributed by atoms with Crippen molar-refractivity contribution in [1.29, 1.82) is 0 Å². The summed E-state index contributed by atoms with van der Waals surface area (Å²) in [6.07, 6.45) is 3.82. The van der Waals surface area contributed by atoms with Gasteiger partial charge in [0, 0.05) is 32.8 Å². The van der Waals surface area contributed by atoms with Crippen LogP contribution < -0.4 is 5.32 Å². The second-order valence-corrected chi connectivity index (χ2v) is 7.44. The Balaban J connectivity index is 1.57. The van der Waals surface area contributed by atoms with Gasteiger partial charge >= 0.3 is 0 Å². The minimum Gasteiger partial charge on any atom is -0.376 e. The van der Waals surface area contributed by atoms with Crippen LogP contribution in [0.3, 0.4) is 0 Å². The molecule has 0 unspecified atom stereocenters. The van der Waals surface area contributed by atoms with Gasteiger partial charge in [0.05, 0.1) is 12.5 Å². The van der Waals surface area contributed by atoms with E-state index in [0.717, 1.165) is 42.6 Å². The van der Waals surface area contributed by atoms with E-state index in [-0.39, 0.29) is 17.9 Å². The van der Waals surface area contributed by atoms with E-state index in [1.54, 1.807) is 19.0 Å². The molecule has 0 aromatic heterocycles. The van der Waals surface area contributed by atoms with Gasteiger partial charge in [-0.05, 0) is 48.1 Å².